The van der Waals surface area contributed by atoms with Crippen LogP contribution in [0.4, 0.5) is 5.69 Å². The van der Waals surface area contributed by atoms with Crippen LogP contribution in [0.1, 0.15) is 11.1 Å². The van der Waals surface area contributed by atoms with Crippen LogP contribution in [-0.4, -0.2) is 26.3 Å². The van der Waals surface area contributed by atoms with E-state index in [1.165, 1.54) is 7.05 Å². The Labute approximate surface area is 102 Å². The molecule has 0 atom stereocenters. The molecule has 0 radical (unpaired) electrons. The lowest BCUT2D eigenvalue weighted by Crippen LogP contribution is -2.28. The number of rotatable bonds is 3. The van der Waals surface area contributed by atoms with E-state index < -0.39 is 10.0 Å². The van der Waals surface area contributed by atoms with Crippen LogP contribution in [0.3, 0.4) is 0 Å². The molecule has 1 aromatic carbocycles. The summed E-state index contributed by atoms with van der Waals surface area (Å²) in [4.78, 5) is 0.282. The fourth-order valence-corrected chi connectivity index (χ4v) is 3.25. The van der Waals surface area contributed by atoms with Crippen molar-refractivity contribution in [2.24, 2.45) is 0 Å². The number of nitrogen functional groups attached to an aromatic ring is 1. The van der Waals surface area contributed by atoms with E-state index in [0.717, 1.165) is 4.31 Å². The molecule has 0 aliphatic heterocycles. The van der Waals surface area contributed by atoms with Crippen molar-refractivity contribution in [3.05, 3.63) is 23.3 Å². The topological polar surface area (TPSA) is 63.4 Å². The predicted molar refractivity (Wildman–Crippen MR) is 69.0 cm³/mol. The zero-order valence-electron chi connectivity index (χ0n) is 10.2. The van der Waals surface area contributed by atoms with Crippen molar-refractivity contribution in [3.8, 4) is 12.3 Å². The summed E-state index contributed by atoms with van der Waals surface area (Å²) in [5, 5.41) is 0. The first-order valence-corrected chi connectivity index (χ1v) is 6.51. The van der Waals surface area contributed by atoms with Gasteiger partial charge in [-0.15, -0.1) is 6.42 Å². The van der Waals surface area contributed by atoms with Gasteiger partial charge in [-0.25, -0.2) is 8.42 Å². The van der Waals surface area contributed by atoms with Gasteiger partial charge in [-0.05, 0) is 37.1 Å². The van der Waals surface area contributed by atoms with E-state index >= 15 is 0 Å². The van der Waals surface area contributed by atoms with Gasteiger partial charge in [0.25, 0.3) is 0 Å². The average molecular weight is 252 g/mol. The summed E-state index contributed by atoms with van der Waals surface area (Å²) in [5.41, 5.74) is 7.48. The standard InChI is InChI=1S/C12H16N2O2S/c1-5-6-14(4)17(15,16)12-9(2)7-11(13)8-10(12)3/h1,7-8H,6,13H2,2-4H3. The Kier molecular flexibility index (Phi) is 3.81. The first kappa shape index (κ1) is 13.6. The van der Waals surface area contributed by atoms with E-state index in [4.69, 9.17) is 12.2 Å². The summed E-state index contributed by atoms with van der Waals surface area (Å²) >= 11 is 0. The predicted octanol–water partition coefficient (Wildman–Crippen LogP) is 1.14. The summed E-state index contributed by atoms with van der Waals surface area (Å²) in [6, 6.07) is 3.28. The number of nitrogens with two attached hydrogens (primary N) is 1. The molecule has 17 heavy (non-hydrogen) atoms. The monoisotopic (exact) mass is 252 g/mol. The summed E-state index contributed by atoms with van der Waals surface area (Å²) < 4.78 is 25.7. The van der Waals surface area contributed by atoms with Gasteiger partial charge in [0.05, 0.1) is 11.4 Å². The molecule has 0 saturated heterocycles. The summed E-state index contributed by atoms with van der Waals surface area (Å²) in [5.74, 6) is 2.32. The third-order valence-corrected chi connectivity index (χ3v) is 4.57. The third-order valence-electron chi connectivity index (χ3n) is 2.46. The Morgan fingerprint density at radius 2 is 1.82 bits per heavy atom. The highest BCUT2D eigenvalue weighted by molar-refractivity contribution is 7.89. The second-order valence-corrected chi connectivity index (χ2v) is 5.93. The van der Waals surface area contributed by atoms with Crippen molar-refractivity contribution in [2.45, 2.75) is 18.7 Å². The smallest absolute Gasteiger partial charge is 0.244 e. The Bertz CT molecular complexity index is 548. The molecule has 0 spiro atoms. The number of anilines is 1. The highest BCUT2D eigenvalue weighted by Gasteiger charge is 2.24. The minimum atomic E-state index is -3.54. The van der Waals surface area contributed by atoms with Crippen LogP contribution in [0.25, 0.3) is 0 Å². The number of benzene rings is 1. The van der Waals surface area contributed by atoms with E-state index in [0.29, 0.717) is 16.8 Å². The number of aryl methyl sites for hydroxylation is 2. The quantitative estimate of drug-likeness (QED) is 0.648. The second-order valence-electron chi connectivity index (χ2n) is 3.95. The molecule has 0 saturated carbocycles. The Morgan fingerprint density at radius 3 is 2.24 bits per heavy atom. The average Bonchev–Trinajstić information content (AvgIpc) is 2.15. The van der Waals surface area contributed by atoms with Gasteiger partial charge in [0.15, 0.2) is 0 Å². The maximum Gasteiger partial charge on any atom is 0.244 e. The molecule has 0 fully saturated rings. The van der Waals surface area contributed by atoms with Gasteiger partial charge < -0.3 is 5.73 Å². The maximum atomic E-state index is 12.3. The third kappa shape index (κ3) is 2.60. The molecule has 92 valence electrons. The number of hydrogen-bond acceptors (Lipinski definition) is 3. The Hall–Kier alpha value is -1.51. The lowest BCUT2D eigenvalue weighted by molar-refractivity contribution is 0.502. The molecule has 0 heterocycles. The van der Waals surface area contributed by atoms with Gasteiger partial charge in [-0.1, -0.05) is 5.92 Å². The molecule has 4 nitrogen and oxygen atoms in total. The van der Waals surface area contributed by atoms with Crippen molar-refractivity contribution in [3.63, 3.8) is 0 Å². The molecule has 0 unspecified atom stereocenters. The molecule has 0 aliphatic rings. The molecule has 0 amide bonds. The normalized spacial score (nSPS) is 11.5. The van der Waals surface area contributed by atoms with E-state index in [2.05, 4.69) is 5.92 Å². The lowest BCUT2D eigenvalue weighted by atomic mass is 10.1. The first-order valence-electron chi connectivity index (χ1n) is 5.07. The SMILES string of the molecule is C#CCN(C)S(=O)(=O)c1c(C)cc(N)cc1C. The van der Waals surface area contributed by atoms with E-state index in [9.17, 15) is 8.42 Å². The van der Waals surface area contributed by atoms with Gasteiger partial charge in [-0.2, -0.15) is 4.31 Å². The van der Waals surface area contributed by atoms with E-state index in [1.54, 1.807) is 26.0 Å². The number of terminal acetylenes is 1. The maximum absolute atomic E-state index is 12.3. The zero-order valence-corrected chi connectivity index (χ0v) is 11.0. The van der Waals surface area contributed by atoms with Gasteiger partial charge in [0.1, 0.15) is 0 Å². The number of sulfonamides is 1. The molecule has 2 N–H and O–H groups in total. The van der Waals surface area contributed by atoms with Crippen LogP contribution < -0.4 is 5.73 Å². The summed E-state index contributed by atoms with van der Waals surface area (Å²) in [6.45, 7) is 3.49. The minimum absolute atomic E-state index is 0.0472. The van der Waals surface area contributed by atoms with Gasteiger partial charge >= 0.3 is 0 Å². The van der Waals surface area contributed by atoms with Crippen LogP contribution in [0, 0.1) is 26.2 Å². The van der Waals surface area contributed by atoms with Crippen molar-refractivity contribution in [1.29, 1.82) is 0 Å². The molecule has 1 rings (SSSR count). The molecule has 1 aromatic rings. The fourth-order valence-electron chi connectivity index (χ4n) is 1.76. The van der Waals surface area contributed by atoms with Crippen LogP contribution >= 0.6 is 0 Å². The largest absolute Gasteiger partial charge is 0.399 e. The van der Waals surface area contributed by atoms with E-state index in [-0.39, 0.29) is 11.4 Å². The highest BCUT2D eigenvalue weighted by atomic mass is 32.2. The second kappa shape index (κ2) is 4.78. The van der Waals surface area contributed by atoms with Crippen molar-refractivity contribution in [2.75, 3.05) is 19.3 Å². The number of hydrogen-bond donors (Lipinski definition) is 1. The van der Waals surface area contributed by atoms with Gasteiger partial charge in [0, 0.05) is 12.7 Å². The first-order chi connectivity index (χ1) is 7.80. The van der Waals surface area contributed by atoms with Gasteiger partial charge in [-0.3, -0.25) is 0 Å². The highest BCUT2D eigenvalue weighted by Crippen LogP contribution is 2.25. The molecule has 5 heteroatoms. The van der Waals surface area contributed by atoms with E-state index in [1.807, 2.05) is 0 Å². The van der Waals surface area contributed by atoms with Gasteiger partial charge in [0.2, 0.25) is 10.0 Å². The van der Waals surface area contributed by atoms with Crippen LogP contribution in [0.2, 0.25) is 0 Å². The number of nitrogens with zero attached hydrogens (tertiary/aromatic N) is 1. The fraction of sp³-hybridized carbons (Fsp3) is 0.333. The van der Waals surface area contributed by atoms with Crippen LogP contribution in [0.5, 0.6) is 0 Å². The lowest BCUT2D eigenvalue weighted by Gasteiger charge is -2.18. The van der Waals surface area contributed by atoms with Crippen LogP contribution in [-0.2, 0) is 10.0 Å². The van der Waals surface area contributed by atoms with Crippen LogP contribution in [0.15, 0.2) is 17.0 Å². The summed E-state index contributed by atoms with van der Waals surface area (Å²) in [6.07, 6.45) is 5.13. The Morgan fingerprint density at radius 1 is 1.35 bits per heavy atom. The molecular weight excluding hydrogens is 236 g/mol. The van der Waals surface area contributed by atoms with Crippen molar-refractivity contribution >= 4 is 15.7 Å². The summed E-state index contributed by atoms with van der Waals surface area (Å²) in [7, 11) is -2.08. The zero-order chi connectivity index (χ0) is 13.2. The van der Waals surface area contributed by atoms with Crippen molar-refractivity contribution in [1.82, 2.24) is 4.31 Å². The molecular formula is C12H16N2O2S. The molecule has 0 bridgehead atoms. The Balaban J connectivity index is 3.40. The molecule has 0 aliphatic carbocycles. The van der Waals surface area contributed by atoms with Crippen molar-refractivity contribution < 1.29 is 8.42 Å². The minimum Gasteiger partial charge on any atom is -0.399 e. The molecule has 0 aromatic heterocycles.